The number of rotatable bonds is 6. The standard InChI is InChI=1S/2C22H26N8O9P2S2.C19H22FN11O9P2S3/c2*23-12-1-3-25-18-11(12)2-4-29(18)16-6-13-15(37-16)8-35-41(33,43)39-14-5-10(7-34-40(32,42)38-13)36-21(14)30-9-26-17-19(30)27-22(24)28-20(17)31;20-8-12-6(38-17(8)30-14-9(26-28-30)5(21)1-2-23-14)3-36-41(34,43)40-13-11(32)7(4-37-42(35,44)39-12)45-18(13)31-15-10(27-29-31)16(33)25-19(22)24-15/h2*1-4,9-10,13-16,21H,5-8H2,(H2,23,25)(H,32,42)(H,33,43)(H3,24,27,28,31);1-2,6-8,11-13,17-18,32H,3-4H2,(H2,21,23)(H,34,43)(H,35,44)(H3,22,24,25,33)/t2*10-,13-,14+,15?,16+,21+,40?,41?;6-,7-,8+,11-,12-,13-,17-,18-,41?,42?/m001/s1. The minimum absolute atomic E-state index is 0.0163. The molecule has 21 N–H and O–H groups in total. The molecular formula is C63H74FN27O27P6S7. The van der Waals surface area contributed by atoms with Crippen molar-refractivity contribution in [2.75, 3.05) is 74.0 Å². The van der Waals surface area contributed by atoms with Gasteiger partial charge in [0.15, 0.2) is 69.5 Å². The third-order valence-electron chi connectivity index (χ3n) is 21.9. The summed E-state index contributed by atoms with van der Waals surface area (Å²) in [6, 6.07) is 8.53. The lowest BCUT2D eigenvalue weighted by atomic mass is 10.1. The Balaban J connectivity index is 0.000000127. The highest BCUT2D eigenvalue weighted by molar-refractivity contribution is 8.44. The maximum Gasteiger partial charge on any atom is 0.386 e. The van der Waals surface area contributed by atoms with Crippen LogP contribution in [0.15, 0.2) is 88.4 Å². The number of aliphatic hydroxyl groups excluding tert-OH is 1. The number of thioether (sulfide) groups is 1. The molecule has 21 heterocycles. The highest BCUT2D eigenvalue weighted by atomic mass is 32.7. The second kappa shape index (κ2) is 36.1. The van der Waals surface area contributed by atoms with Crippen molar-refractivity contribution in [2.45, 2.75) is 147 Å². The molecule has 21 rings (SSSR count). The Morgan fingerprint density at radius 3 is 1.42 bits per heavy atom. The van der Waals surface area contributed by atoms with Gasteiger partial charge in [-0.3, -0.25) is 56.6 Å². The highest BCUT2D eigenvalue weighted by Gasteiger charge is 2.56. The second-order valence-electron chi connectivity index (χ2n) is 30.4. The molecule has 26 atom stereocenters. The van der Waals surface area contributed by atoms with Crippen LogP contribution < -0.4 is 51.1 Å². The molecule has 131 heavy (non-hydrogen) atoms. The van der Waals surface area contributed by atoms with Gasteiger partial charge in [0.25, 0.3) is 16.7 Å². The summed E-state index contributed by atoms with van der Waals surface area (Å²) in [5.74, 6) is -0.474. The van der Waals surface area contributed by atoms with E-state index >= 15 is 4.39 Å². The van der Waals surface area contributed by atoms with Crippen LogP contribution >= 0.6 is 64.4 Å². The molecule has 0 aromatic carbocycles. The molecule has 702 valence electrons. The summed E-state index contributed by atoms with van der Waals surface area (Å²) >= 11 is 31.7. The van der Waals surface area contributed by atoms with Gasteiger partial charge in [0, 0.05) is 78.8 Å². The molecule has 12 aromatic heterocycles. The number of imidazole rings is 2. The molecule has 8 unspecified atom stereocenters. The van der Waals surface area contributed by atoms with Gasteiger partial charge >= 0.3 is 40.4 Å². The first-order valence-electron chi connectivity index (χ1n) is 38.9. The highest BCUT2D eigenvalue weighted by Crippen LogP contribution is 2.61. The van der Waals surface area contributed by atoms with Gasteiger partial charge in [-0.15, -0.1) is 22.0 Å². The first-order valence-corrected chi connectivity index (χ1v) is 55.5. The average Bonchev–Trinajstić information content (AvgIpc) is 1.62. The van der Waals surface area contributed by atoms with Crippen molar-refractivity contribution >= 4 is 225 Å². The fourth-order valence-corrected chi connectivity index (χ4v) is 26.5. The lowest BCUT2D eigenvalue weighted by Crippen LogP contribution is -2.35. The molecule has 12 aromatic rings. The summed E-state index contributed by atoms with van der Waals surface area (Å²) in [6.07, 6.45) is -7.26. The van der Waals surface area contributed by atoms with Crippen LogP contribution in [-0.2, 0) is 142 Å². The first-order chi connectivity index (χ1) is 62.2. The number of pyridine rings is 3. The number of aliphatic hydroxyl groups is 1. The number of hydrogen-bond donors (Lipinski definition) is 16. The Bertz CT molecular complexity index is 6700. The van der Waals surface area contributed by atoms with Crippen molar-refractivity contribution in [1.82, 2.24) is 103 Å². The summed E-state index contributed by atoms with van der Waals surface area (Å²) < 4.78 is 138. The van der Waals surface area contributed by atoms with E-state index in [0.29, 0.717) is 22.7 Å². The molecule has 9 aliphatic heterocycles. The minimum Gasteiger partial charge on any atom is -0.398 e. The number of fused-ring (bicyclic) bond motifs is 15. The molecule has 0 spiro atoms. The second-order valence-corrected chi connectivity index (χ2v) is 48.6. The molecule has 68 heteroatoms. The molecule has 6 bridgehead atoms. The number of alkyl halides is 1. The number of hydrogen-bond acceptors (Lipinski definition) is 46. The van der Waals surface area contributed by atoms with E-state index in [4.69, 9.17) is 171 Å². The minimum atomic E-state index is -4.24. The third kappa shape index (κ3) is 19.1. The van der Waals surface area contributed by atoms with Gasteiger partial charge in [-0.25, -0.2) is 38.6 Å². The third-order valence-corrected chi connectivity index (χ3v) is 32.9. The van der Waals surface area contributed by atoms with Crippen LogP contribution in [0.5, 0.6) is 0 Å². The van der Waals surface area contributed by atoms with Crippen molar-refractivity contribution < 1.29 is 116 Å². The zero-order valence-corrected chi connectivity index (χ0v) is 77.4. The number of anilines is 6. The van der Waals surface area contributed by atoms with Gasteiger partial charge in [0.2, 0.25) is 17.8 Å². The van der Waals surface area contributed by atoms with Crippen LogP contribution in [0.1, 0.15) is 62.2 Å². The van der Waals surface area contributed by atoms with Crippen LogP contribution in [0, 0.1) is 0 Å². The van der Waals surface area contributed by atoms with Crippen LogP contribution in [0.2, 0.25) is 0 Å². The van der Waals surface area contributed by atoms with Crippen molar-refractivity contribution in [3.8, 4) is 0 Å². The number of aromatic nitrogens is 21. The van der Waals surface area contributed by atoms with Crippen molar-refractivity contribution in [3.63, 3.8) is 0 Å². The van der Waals surface area contributed by atoms with Gasteiger partial charge in [0.05, 0.1) is 93.8 Å². The predicted octanol–water partition coefficient (Wildman–Crippen LogP) is 2.12. The lowest BCUT2D eigenvalue weighted by Gasteiger charge is -2.27. The summed E-state index contributed by atoms with van der Waals surface area (Å²) in [6.45, 7) is -26.0. The Morgan fingerprint density at radius 1 is 0.443 bits per heavy atom. The summed E-state index contributed by atoms with van der Waals surface area (Å²) in [7, 11) is 0. The van der Waals surface area contributed by atoms with Gasteiger partial charge in [-0.05, 0) is 89.4 Å². The summed E-state index contributed by atoms with van der Waals surface area (Å²) in [4.78, 5) is 133. The largest absolute Gasteiger partial charge is 0.398 e. The van der Waals surface area contributed by atoms with Gasteiger partial charge in [-0.1, -0.05) is 22.7 Å². The number of nitrogens with one attached hydrogen (secondary N) is 3. The van der Waals surface area contributed by atoms with E-state index in [-0.39, 0.29) is 120 Å². The van der Waals surface area contributed by atoms with E-state index < -0.39 is 191 Å². The fourth-order valence-electron chi connectivity index (χ4n) is 16.1. The van der Waals surface area contributed by atoms with Crippen LogP contribution in [0.3, 0.4) is 0 Å². The van der Waals surface area contributed by atoms with Crippen LogP contribution in [-0.4, -0.2) is 257 Å². The molecule has 9 aliphatic rings. The average molecular weight is 2070 g/mol. The normalized spacial score (nSPS) is 36.2. The van der Waals surface area contributed by atoms with E-state index in [0.717, 1.165) is 27.2 Å². The number of nitrogens with two attached hydrogens (primary N) is 6. The van der Waals surface area contributed by atoms with Gasteiger partial charge in [-0.2, -0.15) is 19.6 Å². The Morgan fingerprint density at radius 2 is 0.878 bits per heavy atom. The predicted molar refractivity (Wildman–Crippen MR) is 477 cm³/mol. The van der Waals surface area contributed by atoms with Crippen LogP contribution in [0.4, 0.5) is 39.3 Å². The number of halogens is 1. The number of thiol groups is 1. The number of nitrogen functional groups attached to an aromatic ring is 6. The monoisotopic (exact) mass is 2070 g/mol. The summed E-state index contributed by atoms with van der Waals surface area (Å²) in [5.41, 5.74) is 36.5. The van der Waals surface area contributed by atoms with Gasteiger partial charge < -0.3 is 133 Å². The van der Waals surface area contributed by atoms with E-state index in [2.05, 4.69) is 87.7 Å². The number of ether oxygens (including phenoxy) is 5. The number of H-pyrrole nitrogens is 3. The maximum absolute atomic E-state index is 16.0. The van der Waals surface area contributed by atoms with E-state index in [1.165, 1.54) is 38.7 Å². The van der Waals surface area contributed by atoms with Gasteiger partial charge in [0.1, 0.15) is 71.9 Å². The fraction of sp³-hybridized carbons (Fsp3) is 0.476. The molecule has 0 saturated carbocycles. The summed E-state index contributed by atoms with van der Waals surface area (Å²) in [5, 5.41) is 26.5. The van der Waals surface area contributed by atoms with E-state index in [9.17, 15) is 48.5 Å². The Hall–Kier alpha value is -7.10. The quantitative estimate of drug-likeness (QED) is 0.0837. The molecule has 0 amide bonds. The topological polar surface area (TPSA) is 734 Å². The molecule has 9 saturated heterocycles. The zero-order chi connectivity index (χ0) is 92.0. The zero-order valence-electron chi connectivity index (χ0n) is 66.3. The molecular weight excluding hydrogens is 2000 g/mol. The van der Waals surface area contributed by atoms with E-state index in [1.54, 1.807) is 46.1 Å². The molecule has 9 fully saturated rings. The SMILES string of the molecule is Nc1nc2c(ncn2[C@@H]2O[C@@H]3COP(O)(=S)O[C@H]4C[C@H](n5ccc6c(N)ccnc65)OC4COP(=O)(S)O[C@@H]2C3)c(=O)[nH]1.Nc1nc2c(ncn2[C@@H]2O[C@@H]3COP(O)(=S)O[C@H]4C[C@H](n5ccc6c(N)ccnc65)OC4COP(O)(=S)O[C@@H]2C3)c(=O)[nH]1.Nc1nc2c(nnn2[C@@H]2S[C@@H]3COP(O)(=S)O[C@H]4[C@H](F)[C@H](n5nnc6c(N)ccnc65)O[C@@H]4COP(O)(=S)O[C@@H]2[C@@H]3O)c(=O)[nH]1. The molecule has 0 aliphatic carbocycles. The van der Waals surface area contributed by atoms with E-state index in [1.807, 2.05) is 12.1 Å². The smallest absolute Gasteiger partial charge is 0.386 e. The Kier molecular flexibility index (Phi) is 25.6. The van der Waals surface area contributed by atoms with Crippen molar-refractivity contribution in [1.29, 1.82) is 0 Å². The Labute approximate surface area is 765 Å². The van der Waals surface area contributed by atoms with Crippen molar-refractivity contribution in [3.05, 3.63) is 105 Å². The molecule has 0 radical (unpaired) electrons. The lowest BCUT2D eigenvalue weighted by molar-refractivity contribution is -0.0594. The van der Waals surface area contributed by atoms with Crippen molar-refractivity contribution in [2.24, 2.45) is 0 Å². The molecule has 54 nitrogen and oxygen atoms in total. The number of aromatic amines is 3. The number of nitrogens with zero attached hydrogens (tertiary/aromatic N) is 18. The van der Waals surface area contributed by atoms with Crippen LogP contribution in [0.25, 0.3) is 66.7 Å². The first kappa shape index (κ1) is 92.9. The maximum atomic E-state index is 16.0.